The SMILES string of the molecule is Cc1cnc(-c2noc(C3C(C#N)C3(C)C)n2)c(C)c1. The standard InChI is InChI=1S/C15H16N4O/c1-8-5-9(2)12(17-7-8)13-18-14(20-19-13)11-10(6-16)15(11,3)4/h5,7,10-11H,1-4H3. The van der Waals surface area contributed by atoms with Crippen LogP contribution in [0.3, 0.4) is 0 Å². The number of hydrogen-bond donors (Lipinski definition) is 0. The molecule has 0 N–H and O–H groups in total. The van der Waals surface area contributed by atoms with Crippen LogP contribution in [-0.4, -0.2) is 15.1 Å². The van der Waals surface area contributed by atoms with Gasteiger partial charge in [0.05, 0.1) is 17.9 Å². The molecule has 0 aromatic carbocycles. The summed E-state index contributed by atoms with van der Waals surface area (Å²) in [7, 11) is 0. The van der Waals surface area contributed by atoms with Gasteiger partial charge in [0, 0.05) is 6.20 Å². The van der Waals surface area contributed by atoms with E-state index in [4.69, 9.17) is 9.78 Å². The van der Waals surface area contributed by atoms with Crippen molar-refractivity contribution in [1.29, 1.82) is 5.26 Å². The molecule has 1 saturated carbocycles. The fourth-order valence-corrected chi connectivity index (χ4v) is 2.75. The Kier molecular flexibility index (Phi) is 2.65. The Balaban J connectivity index is 1.94. The fourth-order valence-electron chi connectivity index (χ4n) is 2.75. The zero-order valence-electron chi connectivity index (χ0n) is 12.0. The van der Waals surface area contributed by atoms with Crippen LogP contribution >= 0.6 is 0 Å². The van der Waals surface area contributed by atoms with Gasteiger partial charge >= 0.3 is 0 Å². The van der Waals surface area contributed by atoms with Crippen LogP contribution < -0.4 is 0 Å². The Hall–Kier alpha value is -2.22. The maximum absolute atomic E-state index is 9.12. The lowest BCUT2D eigenvalue weighted by Gasteiger charge is -2.00. The average Bonchev–Trinajstić information content (AvgIpc) is 2.73. The number of aryl methyl sites for hydroxylation is 2. The summed E-state index contributed by atoms with van der Waals surface area (Å²) in [6.07, 6.45) is 1.79. The molecule has 2 heterocycles. The van der Waals surface area contributed by atoms with Gasteiger partial charge in [0.2, 0.25) is 11.7 Å². The first-order chi connectivity index (χ1) is 9.45. The maximum Gasteiger partial charge on any atom is 0.232 e. The fraction of sp³-hybridized carbons (Fsp3) is 0.467. The Labute approximate surface area is 117 Å². The number of nitriles is 1. The predicted molar refractivity (Wildman–Crippen MR) is 72.6 cm³/mol. The van der Waals surface area contributed by atoms with Gasteiger partial charge in [-0.25, -0.2) is 0 Å². The molecule has 1 aliphatic rings. The van der Waals surface area contributed by atoms with Crippen LogP contribution in [0.2, 0.25) is 0 Å². The summed E-state index contributed by atoms with van der Waals surface area (Å²) < 4.78 is 5.34. The van der Waals surface area contributed by atoms with E-state index in [2.05, 4.69) is 21.2 Å². The summed E-state index contributed by atoms with van der Waals surface area (Å²) in [5.74, 6) is 1.01. The topological polar surface area (TPSA) is 75.6 Å². The molecule has 0 spiro atoms. The molecule has 20 heavy (non-hydrogen) atoms. The second-order valence-corrected chi connectivity index (χ2v) is 6.04. The first-order valence-corrected chi connectivity index (χ1v) is 6.62. The molecule has 5 nitrogen and oxygen atoms in total. The highest BCUT2D eigenvalue weighted by Gasteiger charge is 2.62. The highest BCUT2D eigenvalue weighted by atomic mass is 16.5. The van der Waals surface area contributed by atoms with Crippen LogP contribution in [-0.2, 0) is 0 Å². The lowest BCUT2D eigenvalue weighted by Crippen LogP contribution is -1.93. The quantitative estimate of drug-likeness (QED) is 0.836. The monoisotopic (exact) mass is 268 g/mol. The van der Waals surface area contributed by atoms with Crippen molar-refractivity contribution in [2.24, 2.45) is 11.3 Å². The van der Waals surface area contributed by atoms with E-state index in [0.717, 1.165) is 16.8 Å². The van der Waals surface area contributed by atoms with Crippen LogP contribution in [0.5, 0.6) is 0 Å². The number of rotatable bonds is 2. The van der Waals surface area contributed by atoms with Crippen molar-refractivity contribution < 1.29 is 4.52 Å². The molecule has 0 amide bonds. The van der Waals surface area contributed by atoms with E-state index in [1.54, 1.807) is 6.20 Å². The molecule has 1 fully saturated rings. The highest BCUT2D eigenvalue weighted by Crippen LogP contribution is 2.63. The third-order valence-electron chi connectivity index (χ3n) is 4.10. The van der Waals surface area contributed by atoms with Crippen molar-refractivity contribution in [3.05, 3.63) is 29.3 Å². The molecule has 0 saturated heterocycles. The van der Waals surface area contributed by atoms with Gasteiger partial charge in [-0.15, -0.1) is 0 Å². The Morgan fingerprint density at radius 1 is 1.35 bits per heavy atom. The van der Waals surface area contributed by atoms with Gasteiger partial charge < -0.3 is 4.52 Å². The van der Waals surface area contributed by atoms with E-state index < -0.39 is 0 Å². The van der Waals surface area contributed by atoms with E-state index in [1.807, 2.05) is 33.8 Å². The Bertz CT molecular complexity index is 711. The van der Waals surface area contributed by atoms with Crippen molar-refractivity contribution in [2.75, 3.05) is 0 Å². The molecular formula is C15H16N4O. The van der Waals surface area contributed by atoms with Gasteiger partial charge in [0.15, 0.2) is 0 Å². The molecule has 0 bridgehead atoms. The molecule has 1 aliphatic carbocycles. The van der Waals surface area contributed by atoms with Gasteiger partial charge in [-0.3, -0.25) is 4.98 Å². The molecule has 2 unspecified atom stereocenters. The van der Waals surface area contributed by atoms with Crippen LogP contribution in [0.4, 0.5) is 0 Å². The minimum absolute atomic E-state index is 0.0273. The molecular weight excluding hydrogens is 252 g/mol. The number of nitrogens with zero attached hydrogens (tertiary/aromatic N) is 4. The van der Waals surface area contributed by atoms with Crippen molar-refractivity contribution in [2.45, 2.75) is 33.6 Å². The molecule has 2 aromatic rings. The minimum atomic E-state index is -0.0890. The zero-order valence-corrected chi connectivity index (χ0v) is 12.0. The smallest absolute Gasteiger partial charge is 0.232 e. The van der Waals surface area contributed by atoms with Crippen molar-refractivity contribution in [3.8, 4) is 17.6 Å². The molecule has 0 radical (unpaired) electrons. The lowest BCUT2D eigenvalue weighted by molar-refractivity contribution is 0.368. The van der Waals surface area contributed by atoms with Crippen LogP contribution in [0.25, 0.3) is 11.5 Å². The van der Waals surface area contributed by atoms with E-state index in [1.165, 1.54) is 0 Å². The van der Waals surface area contributed by atoms with Gasteiger partial charge in [-0.1, -0.05) is 25.1 Å². The number of aromatic nitrogens is 3. The van der Waals surface area contributed by atoms with E-state index in [9.17, 15) is 0 Å². The van der Waals surface area contributed by atoms with Crippen molar-refractivity contribution in [3.63, 3.8) is 0 Å². The summed E-state index contributed by atoms with van der Waals surface area (Å²) in [4.78, 5) is 8.80. The Morgan fingerprint density at radius 3 is 2.70 bits per heavy atom. The van der Waals surface area contributed by atoms with Crippen LogP contribution in [0, 0.1) is 36.5 Å². The van der Waals surface area contributed by atoms with Gasteiger partial charge in [0.25, 0.3) is 0 Å². The summed E-state index contributed by atoms with van der Waals surface area (Å²) >= 11 is 0. The molecule has 0 aliphatic heterocycles. The van der Waals surface area contributed by atoms with E-state index in [0.29, 0.717) is 11.7 Å². The molecule has 5 heteroatoms. The average molecular weight is 268 g/mol. The molecule has 3 rings (SSSR count). The van der Waals surface area contributed by atoms with E-state index in [-0.39, 0.29) is 17.3 Å². The normalized spacial score (nSPS) is 23.4. The van der Waals surface area contributed by atoms with Crippen LogP contribution in [0.1, 0.15) is 36.8 Å². The lowest BCUT2D eigenvalue weighted by atomic mass is 10.1. The summed E-state index contributed by atoms with van der Waals surface area (Å²) in [5, 5.41) is 13.1. The second-order valence-electron chi connectivity index (χ2n) is 6.04. The third-order valence-corrected chi connectivity index (χ3v) is 4.10. The highest BCUT2D eigenvalue weighted by molar-refractivity contribution is 5.54. The van der Waals surface area contributed by atoms with E-state index >= 15 is 0 Å². The first kappa shape index (κ1) is 12.8. The maximum atomic E-state index is 9.12. The largest absolute Gasteiger partial charge is 0.339 e. The van der Waals surface area contributed by atoms with Gasteiger partial charge in [-0.2, -0.15) is 10.2 Å². The molecule has 102 valence electrons. The zero-order chi connectivity index (χ0) is 14.5. The van der Waals surface area contributed by atoms with Crippen molar-refractivity contribution >= 4 is 0 Å². The third kappa shape index (κ3) is 1.80. The summed E-state index contributed by atoms with van der Waals surface area (Å²) in [6.45, 7) is 8.07. The molecule has 2 atom stereocenters. The first-order valence-electron chi connectivity index (χ1n) is 6.62. The minimum Gasteiger partial charge on any atom is -0.339 e. The number of hydrogen-bond acceptors (Lipinski definition) is 5. The summed E-state index contributed by atoms with van der Waals surface area (Å²) in [5.41, 5.74) is 2.76. The molecule has 2 aromatic heterocycles. The van der Waals surface area contributed by atoms with Crippen molar-refractivity contribution in [1.82, 2.24) is 15.1 Å². The number of pyridine rings is 1. The van der Waals surface area contributed by atoms with Gasteiger partial charge in [0.1, 0.15) is 5.69 Å². The second kappa shape index (κ2) is 4.14. The summed E-state index contributed by atoms with van der Waals surface area (Å²) in [6, 6.07) is 4.34. The van der Waals surface area contributed by atoms with Crippen LogP contribution in [0.15, 0.2) is 16.8 Å². The Morgan fingerprint density at radius 2 is 2.10 bits per heavy atom. The predicted octanol–water partition coefficient (Wildman–Crippen LogP) is 3.01. The van der Waals surface area contributed by atoms with Gasteiger partial charge in [-0.05, 0) is 30.4 Å².